The van der Waals surface area contributed by atoms with Crippen LogP contribution in [0.15, 0.2) is 29.2 Å². The molecule has 1 aromatic rings. The number of rotatable bonds is 5. The minimum absolute atomic E-state index is 0.128. The third kappa shape index (κ3) is 3.36. The van der Waals surface area contributed by atoms with Gasteiger partial charge in [-0.25, -0.2) is 8.42 Å². The van der Waals surface area contributed by atoms with E-state index in [1.807, 2.05) is 0 Å². The zero-order valence-corrected chi connectivity index (χ0v) is 13.1. The van der Waals surface area contributed by atoms with Crippen molar-refractivity contribution in [3.05, 3.63) is 29.8 Å². The Morgan fingerprint density at radius 3 is 2.50 bits per heavy atom. The van der Waals surface area contributed by atoms with E-state index in [0.717, 1.165) is 5.56 Å². The van der Waals surface area contributed by atoms with Crippen LogP contribution < -0.4 is 5.73 Å². The summed E-state index contributed by atoms with van der Waals surface area (Å²) in [5.41, 5.74) is 6.40. The second-order valence-electron chi connectivity index (χ2n) is 5.37. The van der Waals surface area contributed by atoms with Crippen LogP contribution in [0, 0.1) is 0 Å². The zero-order chi connectivity index (χ0) is 16.3. The van der Waals surface area contributed by atoms with Crippen LogP contribution >= 0.6 is 0 Å². The summed E-state index contributed by atoms with van der Waals surface area (Å²) in [6.45, 7) is 0. The van der Waals surface area contributed by atoms with Crippen molar-refractivity contribution in [2.24, 2.45) is 5.73 Å². The van der Waals surface area contributed by atoms with Crippen molar-refractivity contribution < 1.29 is 22.7 Å². The van der Waals surface area contributed by atoms with Gasteiger partial charge in [-0.3, -0.25) is 9.59 Å². The smallest absolute Gasteiger partial charge is 0.322 e. The molecule has 0 bridgehead atoms. The fourth-order valence-electron chi connectivity index (χ4n) is 2.58. The van der Waals surface area contributed by atoms with Gasteiger partial charge in [-0.1, -0.05) is 12.1 Å². The van der Waals surface area contributed by atoms with Gasteiger partial charge in [-0.05, 0) is 37.0 Å². The minimum atomic E-state index is -3.63. The molecule has 6 nitrogen and oxygen atoms in total. The second kappa shape index (κ2) is 6.58. The van der Waals surface area contributed by atoms with Crippen LogP contribution in [0.5, 0.6) is 0 Å². The number of ketones is 1. The van der Waals surface area contributed by atoms with Crippen molar-refractivity contribution in [2.45, 2.75) is 41.9 Å². The molecule has 2 atom stereocenters. The lowest BCUT2D eigenvalue weighted by Gasteiger charge is -2.12. The number of hydrogen-bond donors (Lipinski definition) is 1. The topological polar surface area (TPSA) is 104 Å². The summed E-state index contributed by atoms with van der Waals surface area (Å²) in [7, 11) is -2.37. The molecule has 7 heteroatoms. The molecule has 0 radical (unpaired) electrons. The monoisotopic (exact) mass is 325 g/mol. The van der Waals surface area contributed by atoms with E-state index in [4.69, 9.17) is 5.73 Å². The van der Waals surface area contributed by atoms with Gasteiger partial charge in [-0.15, -0.1) is 0 Å². The van der Waals surface area contributed by atoms with Gasteiger partial charge in [0.2, 0.25) is 0 Å². The Hall–Kier alpha value is -1.73. The van der Waals surface area contributed by atoms with Crippen molar-refractivity contribution in [2.75, 3.05) is 7.11 Å². The number of hydrogen-bond acceptors (Lipinski definition) is 6. The number of carbonyl (C=O) groups is 2. The quantitative estimate of drug-likeness (QED) is 0.796. The molecule has 0 saturated heterocycles. The maximum Gasteiger partial charge on any atom is 0.322 e. The van der Waals surface area contributed by atoms with Gasteiger partial charge in [0.05, 0.1) is 12.0 Å². The fraction of sp³-hybridized carbons (Fsp3) is 0.467. The van der Waals surface area contributed by atoms with Gasteiger partial charge in [0.25, 0.3) is 0 Å². The average molecular weight is 325 g/mol. The average Bonchev–Trinajstić information content (AvgIpc) is 2.93. The van der Waals surface area contributed by atoms with E-state index < -0.39 is 27.1 Å². The molecule has 0 spiro atoms. The third-order valence-corrected chi connectivity index (χ3v) is 6.01. The molecule has 0 aromatic heterocycles. The van der Waals surface area contributed by atoms with Gasteiger partial charge in [0.1, 0.15) is 11.3 Å². The molecular formula is C15H19NO5S. The van der Waals surface area contributed by atoms with Crippen LogP contribution in [-0.2, 0) is 30.6 Å². The summed E-state index contributed by atoms with van der Waals surface area (Å²) < 4.78 is 29.4. The number of esters is 1. The van der Waals surface area contributed by atoms with Crippen LogP contribution in [0.2, 0.25) is 0 Å². The third-order valence-electron chi connectivity index (χ3n) is 3.83. The summed E-state index contributed by atoms with van der Waals surface area (Å²) in [4.78, 5) is 23.1. The number of benzene rings is 1. The van der Waals surface area contributed by atoms with Crippen LogP contribution in [0.4, 0.5) is 0 Å². The molecule has 1 aliphatic rings. The molecular weight excluding hydrogens is 306 g/mol. The Balaban J connectivity index is 2.15. The van der Waals surface area contributed by atoms with Gasteiger partial charge in [0.15, 0.2) is 15.6 Å². The van der Waals surface area contributed by atoms with Gasteiger partial charge < -0.3 is 10.5 Å². The Morgan fingerprint density at radius 2 is 2.00 bits per heavy atom. The lowest BCUT2D eigenvalue weighted by Crippen LogP contribution is -2.33. The Labute approximate surface area is 129 Å². The summed E-state index contributed by atoms with van der Waals surface area (Å²) in [6.07, 6.45) is 1.59. The van der Waals surface area contributed by atoms with E-state index in [0.29, 0.717) is 19.3 Å². The number of carbonyl (C=O) groups excluding carboxylic acids is 2. The molecule has 2 unspecified atom stereocenters. The largest absolute Gasteiger partial charge is 0.468 e. The standard InChI is InChI=1S/C15H19NO5S/c1-21-15(18)12(16)9-10-5-7-11(8-6-10)22(19,20)14-4-2-3-13(14)17/h5-8,12,14H,2-4,9,16H2,1H3. The highest BCUT2D eigenvalue weighted by atomic mass is 32.2. The predicted octanol–water partition coefficient (Wildman–Crippen LogP) is 0.625. The van der Waals surface area contributed by atoms with Crippen molar-refractivity contribution in [3.8, 4) is 0 Å². The summed E-state index contributed by atoms with van der Waals surface area (Å²) >= 11 is 0. The van der Waals surface area contributed by atoms with Crippen LogP contribution in [0.3, 0.4) is 0 Å². The Bertz CT molecular complexity index is 666. The van der Waals surface area contributed by atoms with Crippen molar-refractivity contribution in [1.82, 2.24) is 0 Å². The summed E-state index contributed by atoms with van der Waals surface area (Å²) in [5.74, 6) is -0.731. The van der Waals surface area contributed by atoms with E-state index in [9.17, 15) is 18.0 Å². The molecule has 0 heterocycles. The van der Waals surface area contributed by atoms with Gasteiger partial charge in [0, 0.05) is 6.42 Å². The molecule has 1 aromatic carbocycles. The second-order valence-corrected chi connectivity index (χ2v) is 7.50. The molecule has 1 fully saturated rings. The number of Topliss-reactive ketones (excluding diaryl/α,β-unsaturated/α-hetero) is 1. The number of nitrogens with two attached hydrogens (primary N) is 1. The minimum Gasteiger partial charge on any atom is -0.468 e. The van der Waals surface area contributed by atoms with Crippen molar-refractivity contribution in [3.63, 3.8) is 0 Å². The first-order valence-electron chi connectivity index (χ1n) is 7.05. The maximum absolute atomic E-state index is 12.4. The molecule has 1 saturated carbocycles. The number of methoxy groups -OCH3 is 1. The molecule has 0 aliphatic heterocycles. The van der Waals surface area contributed by atoms with Crippen LogP contribution in [0.25, 0.3) is 0 Å². The lowest BCUT2D eigenvalue weighted by atomic mass is 10.1. The number of sulfone groups is 1. The summed E-state index contributed by atoms with van der Waals surface area (Å²) in [5, 5.41) is -0.921. The molecule has 0 amide bonds. The molecule has 120 valence electrons. The molecule has 1 aliphatic carbocycles. The number of ether oxygens (including phenoxy) is 1. The predicted molar refractivity (Wildman–Crippen MR) is 80.0 cm³/mol. The fourth-order valence-corrected chi connectivity index (χ4v) is 4.36. The summed E-state index contributed by atoms with van der Waals surface area (Å²) in [6, 6.07) is 5.34. The van der Waals surface area contributed by atoms with Crippen molar-refractivity contribution in [1.29, 1.82) is 0 Å². The van der Waals surface area contributed by atoms with Gasteiger partial charge >= 0.3 is 5.97 Å². The van der Waals surface area contributed by atoms with Crippen molar-refractivity contribution >= 4 is 21.6 Å². The first kappa shape index (κ1) is 16.6. The molecule has 2 rings (SSSR count). The van der Waals surface area contributed by atoms with Gasteiger partial charge in [-0.2, -0.15) is 0 Å². The molecule has 22 heavy (non-hydrogen) atoms. The highest BCUT2D eigenvalue weighted by Crippen LogP contribution is 2.27. The van der Waals surface area contributed by atoms with E-state index in [2.05, 4.69) is 4.74 Å². The Kier molecular flexibility index (Phi) is 4.97. The van der Waals surface area contributed by atoms with E-state index in [1.165, 1.54) is 19.2 Å². The SMILES string of the molecule is COC(=O)C(N)Cc1ccc(S(=O)(=O)C2CCCC2=O)cc1. The maximum atomic E-state index is 12.4. The van der Waals surface area contributed by atoms with Crippen LogP contribution in [0.1, 0.15) is 24.8 Å². The highest BCUT2D eigenvalue weighted by molar-refractivity contribution is 7.92. The zero-order valence-electron chi connectivity index (χ0n) is 12.3. The Morgan fingerprint density at radius 1 is 1.36 bits per heavy atom. The normalized spacial score (nSPS) is 19.9. The van der Waals surface area contributed by atoms with E-state index in [-0.39, 0.29) is 17.1 Å². The molecule has 2 N–H and O–H groups in total. The van der Waals surface area contributed by atoms with E-state index in [1.54, 1.807) is 12.1 Å². The first-order chi connectivity index (χ1) is 10.4. The lowest BCUT2D eigenvalue weighted by molar-refractivity contribution is -0.142. The van der Waals surface area contributed by atoms with E-state index >= 15 is 0 Å². The van der Waals surface area contributed by atoms with Crippen LogP contribution in [-0.4, -0.2) is 38.6 Å². The first-order valence-corrected chi connectivity index (χ1v) is 8.60. The highest BCUT2D eigenvalue weighted by Gasteiger charge is 2.36.